The van der Waals surface area contributed by atoms with E-state index < -0.39 is 0 Å². The molecule has 5 rings (SSSR count). The van der Waals surface area contributed by atoms with Crippen molar-refractivity contribution < 1.29 is 4.79 Å². The number of nitrogens with one attached hydrogen (secondary N) is 1. The molecule has 1 N–H and O–H groups in total. The third-order valence-electron chi connectivity index (χ3n) is 6.48. The Morgan fingerprint density at radius 2 is 1.79 bits per heavy atom. The molecule has 1 unspecified atom stereocenters. The second kappa shape index (κ2) is 9.65. The largest absolute Gasteiger partial charge is 0.352 e. The fraction of sp³-hybridized carbons (Fsp3) is 0.455. The Bertz CT molecular complexity index is 1140. The first-order valence-corrected chi connectivity index (χ1v) is 12.7. The van der Waals surface area contributed by atoms with Gasteiger partial charge in [0.05, 0.1) is 5.39 Å². The molecule has 0 spiro atoms. The summed E-state index contributed by atoms with van der Waals surface area (Å²) in [6, 6.07) is 7.89. The van der Waals surface area contributed by atoms with Gasteiger partial charge in [-0.3, -0.25) is 14.8 Å². The fourth-order valence-electron chi connectivity index (χ4n) is 4.62. The van der Waals surface area contributed by atoms with Crippen LogP contribution in [0.15, 0.2) is 39.7 Å². The number of likely N-dealkylation sites (N-methyl/N-ethyl adjacent to an activating group) is 1. The zero-order chi connectivity index (χ0) is 22.9. The van der Waals surface area contributed by atoms with E-state index in [2.05, 4.69) is 85.9 Å². The Morgan fingerprint density at radius 1 is 1.03 bits per heavy atom. The van der Waals surface area contributed by atoms with Gasteiger partial charge < -0.3 is 14.7 Å². The normalized spacial score (nSPS) is 19.2. The number of amides is 1. The van der Waals surface area contributed by atoms with Crippen LogP contribution in [0, 0.1) is 0 Å². The van der Waals surface area contributed by atoms with Gasteiger partial charge in [0.15, 0.2) is 5.65 Å². The van der Waals surface area contributed by atoms with E-state index in [9.17, 15) is 4.79 Å². The van der Waals surface area contributed by atoms with Crippen molar-refractivity contribution in [3.8, 4) is 0 Å². The maximum atomic E-state index is 13.8. The highest BCUT2D eigenvalue weighted by Gasteiger charge is 2.34. The standard InChI is InChI=1S/C22H26Br2N8O/c1-29-5-7-30(8-6-29)18(15-3-2-4-16(23)13-15)22(33)32-11-9-31(10-12-32)21-17-19(24)27-28-20(17)25-14-26-21/h2-4,13-14,18H,5-12H2,1H3,(H,25,26,27,28). The van der Waals surface area contributed by atoms with Crippen LogP contribution in [0.3, 0.4) is 0 Å². The number of halogens is 2. The molecule has 0 bridgehead atoms. The van der Waals surface area contributed by atoms with Gasteiger partial charge in [-0.05, 0) is 40.7 Å². The summed E-state index contributed by atoms with van der Waals surface area (Å²) in [6.45, 7) is 6.42. The number of carbonyl (C=O) groups is 1. The van der Waals surface area contributed by atoms with Crippen LogP contribution in [0.25, 0.3) is 11.0 Å². The lowest BCUT2D eigenvalue weighted by Crippen LogP contribution is -2.54. The average molecular weight is 578 g/mol. The number of rotatable bonds is 4. The molecule has 2 fully saturated rings. The van der Waals surface area contributed by atoms with Crippen molar-refractivity contribution in [2.75, 3.05) is 64.3 Å². The van der Waals surface area contributed by atoms with Crippen molar-refractivity contribution in [1.29, 1.82) is 0 Å². The van der Waals surface area contributed by atoms with Crippen molar-refractivity contribution in [2.24, 2.45) is 0 Å². The number of benzene rings is 1. The number of anilines is 1. The minimum absolute atomic E-state index is 0.176. The number of fused-ring (bicyclic) bond motifs is 1. The minimum atomic E-state index is -0.267. The lowest BCUT2D eigenvalue weighted by Gasteiger charge is -2.42. The predicted octanol–water partition coefficient (Wildman–Crippen LogP) is 2.52. The number of carbonyl (C=O) groups excluding carboxylic acids is 1. The number of hydrogen-bond donors (Lipinski definition) is 1. The summed E-state index contributed by atoms with van der Waals surface area (Å²) in [5.74, 6) is 1.02. The van der Waals surface area contributed by atoms with Gasteiger partial charge in [-0.2, -0.15) is 5.10 Å². The van der Waals surface area contributed by atoms with Crippen LogP contribution in [0.5, 0.6) is 0 Å². The number of aromatic nitrogens is 4. The van der Waals surface area contributed by atoms with Crippen LogP contribution < -0.4 is 4.90 Å². The number of nitrogens with zero attached hydrogens (tertiary/aromatic N) is 7. The van der Waals surface area contributed by atoms with Crippen LogP contribution in [0.4, 0.5) is 5.82 Å². The van der Waals surface area contributed by atoms with Crippen LogP contribution >= 0.6 is 31.9 Å². The summed E-state index contributed by atoms with van der Waals surface area (Å²) in [7, 11) is 2.13. The molecule has 174 valence electrons. The molecule has 4 heterocycles. The maximum absolute atomic E-state index is 13.8. The Balaban J connectivity index is 1.34. The number of piperazine rings is 2. The summed E-state index contributed by atoms with van der Waals surface area (Å²) < 4.78 is 1.77. The van der Waals surface area contributed by atoms with Gasteiger partial charge in [-0.15, -0.1) is 0 Å². The molecule has 1 aromatic carbocycles. The maximum Gasteiger partial charge on any atom is 0.244 e. The van der Waals surface area contributed by atoms with E-state index in [-0.39, 0.29) is 11.9 Å². The molecule has 0 aliphatic carbocycles. The molecule has 2 aliphatic rings. The van der Waals surface area contributed by atoms with Crippen molar-refractivity contribution in [3.05, 3.63) is 45.2 Å². The highest BCUT2D eigenvalue weighted by molar-refractivity contribution is 9.10. The van der Waals surface area contributed by atoms with Gasteiger partial charge in [0.1, 0.15) is 22.8 Å². The third kappa shape index (κ3) is 4.64. The molecule has 1 amide bonds. The second-order valence-electron chi connectivity index (χ2n) is 8.54. The molecule has 3 aromatic rings. The molecular weight excluding hydrogens is 552 g/mol. The molecule has 0 saturated carbocycles. The van der Waals surface area contributed by atoms with Crippen molar-refractivity contribution in [3.63, 3.8) is 0 Å². The van der Waals surface area contributed by atoms with Crippen LogP contribution in [0.2, 0.25) is 0 Å². The van der Waals surface area contributed by atoms with E-state index in [1.807, 2.05) is 17.0 Å². The highest BCUT2D eigenvalue weighted by Crippen LogP contribution is 2.30. The molecule has 11 heteroatoms. The van der Waals surface area contributed by atoms with E-state index in [0.717, 1.165) is 52.0 Å². The van der Waals surface area contributed by atoms with Crippen molar-refractivity contribution >= 4 is 54.6 Å². The van der Waals surface area contributed by atoms with E-state index in [0.29, 0.717) is 31.8 Å². The predicted molar refractivity (Wildman–Crippen MR) is 134 cm³/mol. The first-order chi connectivity index (χ1) is 16.0. The first kappa shape index (κ1) is 22.7. The quantitative estimate of drug-likeness (QED) is 0.510. The highest BCUT2D eigenvalue weighted by atomic mass is 79.9. The molecule has 2 aromatic heterocycles. The Kier molecular flexibility index (Phi) is 6.64. The SMILES string of the molecule is CN1CCN(C(C(=O)N2CCN(c3ncnc4n[nH]c(Br)c34)CC2)c2cccc(Br)c2)CC1. The molecule has 1 atom stereocenters. The van der Waals surface area contributed by atoms with Gasteiger partial charge in [-0.25, -0.2) is 9.97 Å². The van der Waals surface area contributed by atoms with Gasteiger partial charge in [0.25, 0.3) is 0 Å². The molecule has 2 aliphatic heterocycles. The molecule has 9 nitrogen and oxygen atoms in total. The van der Waals surface area contributed by atoms with Gasteiger partial charge >= 0.3 is 0 Å². The summed E-state index contributed by atoms with van der Waals surface area (Å²) in [6.07, 6.45) is 1.54. The lowest BCUT2D eigenvalue weighted by molar-refractivity contribution is -0.138. The van der Waals surface area contributed by atoms with Crippen molar-refractivity contribution in [2.45, 2.75) is 6.04 Å². The average Bonchev–Trinajstić information content (AvgIpc) is 3.22. The Labute approximate surface area is 209 Å². The third-order valence-corrected chi connectivity index (χ3v) is 7.55. The van der Waals surface area contributed by atoms with Crippen molar-refractivity contribution in [1.82, 2.24) is 34.9 Å². The smallest absolute Gasteiger partial charge is 0.244 e. The van der Waals surface area contributed by atoms with E-state index >= 15 is 0 Å². The van der Waals surface area contributed by atoms with Crippen LogP contribution in [0.1, 0.15) is 11.6 Å². The topological polar surface area (TPSA) is 84.5 Å². The first-order valence-electron chi connectivity index (χ1n) is 11.1. The molecule has 2 saturated heterocycles. The summed E-state index contributed by atoms with van der Waals surface area (Å²) >= 11 is 7.10. The zero-order valence-electron chi connectivity index (χ0n) is 18.4. The fourth-order valence-corrected chi connectivity index (χ4v) is 5.48. The molecule has 33 heavy (non-hydrogen) atoms. The monoisotopic (exact) mass is 576 g/mol. The van der Waals surface area contributed by atoms with Gasteiger partial charge in [-0.1, -0.05) is 28.1 Å². The minimum Gasteiger partial charge on any atom is -0.352 e. The van der Waals surface area contributed by atoms with Gasteiger partial charge in [0.2, 0.25) is 5.91 Å². The summed E-state index contributed by atoms with van der Waals surface area (Å²) in [4.78, 5) is 31.4. The summed E-state index contributed by atoms with van der Waals surface area (Å²) in [5.41, 5.74) is 1.68. The van der Waals surface area contributed by atoms with Crippen LogP contribution in [-0.4, -0.2) is 100 Å². The Hall–Kier alpha value is -2.08. The van der Waals surface area contributed by atoms with E-state index in [1.54, 1.807) is 6.33 Å². The number of hydrogen-bond acceptors (Lipinski definition) is 7. The number of H-pyrrole nitrogens is 1. The second-order valence-corrected chi connectivity index (χ2v) is 10.3. The van der Waals surface area contributed by atoms with E-state index in [1.165, 1.54) is 0 Å². The Morgan fingerprint density at radius 3 is 2.52 bits per heavy atom. The van der Waals surface area contributed by atoms with E-state index in [4.69, 9.17) is 0 Å². The summed E-state index contributed by atoms with van der Waals surface area (Å²) in [5, 5.41) is 8.01. The molecular formula is C22H26Br2N8O. The lowest BCUT2D eigenvalue weighted by atomic mass is 10.0. The van der Waals surface area contributed by atoms with Crippen LogP contribution in [-0.2, 0) is 4.79 Å². The number of aromatic amines is 1. The molecule has 0 radical (unpaired) electrons. The van der Waals surface area contributed by atoms with Gasteiger partial charge in [0, 0.05) is 56.8 Å². The zero-order valence-corrected chi connectivity index (χ0v) is 21.6.